The molecule has 0 radical (unpaired) electrons. The van der Waals surface area contributed by atoms with E-state index in [2.05, 4.69) is 38.2 Å². The molecule has 8 nitrogen and oxygen atoms in total. The minimum absolute atomic E-state index is 0.206. The molecule has 1 amide bonds. The Hall–Kier alpha value is -2.91. The van der Waals surface area contributed by atoms with Gasteiger partial charge in [0.15, 0.2) is 0 Å². The van der Waals surface area contributed by atoms with Crippen molar-refractivity contribution in [1.82, 2.24) is 34.4 Å². The van der Waals surface area contributed by atoms with Crippen LogP contribution in [0.3, 0.4) is 0 Å². The second-order valence-corrected chi connectivity index (χ2v) is 9.08. The molecule has 4 heterocycles. The number of aromatic nitrogens is 5. The highest BCUT2D eigenvalue weighted by molar-refractivity contribution is 7.18. The zero-order valence-electron chi connectivity index (χ0n) is 17.8. The molecule has 0 unspecified atom stereocenters. The van der Waals surface area contributed by atoms with Gasteiger partial charge in [-0.2, -0.15) is 10.1 Å². The van der Waals surface area contributed by atoms with E-state index in [0.29, 0.717) is 18.6 Å². The number of thiazole rings is 1. The fourth-order valence-corrected chi connectivity index (χ4v) is 5.25. The highest BCUT2D eigenvalue weighted by Crippen LogP contribution is 2.23. The SMILES string of the molecule is Cc1nc2ncnn2c(C)c1CCC(=O)N1CCN(Cc2nc3ccccc3s2)CC1. The zero-order valence-corrected chi connectivity index (χ0v) is 18.6. The lowest BCUT2D eigenvalue weighted by Gasteiger charge is -2.34. The number of piperazine rings is 1. The number of carbonyl (C=O) groups is 1. The van der Waals surface area contributed by atoms with Gasteiger partial charge < -0.3 is 4.90 Å². The quantitative estimate of drug-likeness (QED) is 0.480. The third-order valence-electron chi connectivity index (χ3n) is 6.00. The second-order valence-electron chi connectivity index (χ2n) is 7.97. The van der Waals surface area contributed by atoms with E-state index in [4.69, 9.17) is 4.98 Å². The van der Waals surface area contributed by atoms with E-state index in [0.717, 1.165) is 60.2 Å². The number of aryl methyl sites for hydroxylation is 2. The van der Waals surface area contributed by atoms with Crippen molar-refractivity contribution in [2.45, 2.75) is 33.2 Å². The molecule has 3 aromatic heterocycles. The average Bonchev–Trinajstić information content (AvgIpc) is 3.40. The first-order valence-electron chi connectivity index (χ1n) is 10.6. The van der Waals surface area contributed by atoms with Crippen LogP contribution in [0, 0.1) is 13.8 Å². The van der Waals surface area contributed by atoms with Crippen molar-refractivity contribution in [1.29, 1.82) is 0 Å². The van der Waals surface area contributed by atoms with E-state index >= 15 is 0 Å². The molecule has 0 N–H and O–H groups in total. The second kappa shape index (κ2) is 8.32. The molecule has 0 saturated carbocycles. The normalized spacial score (nSPS) is 15.2. The minimum atomic E-state index is 0.206. The Morgan fingerprint density at radius 3 is 2.71 bits per heavy atom. The van der Waals surface area contributed by atoms with Gasteiger partial charge in [0.2, 0.25) is 5.91 Å². The Labute approximate surface area is 184 Å². The van der Waals surface area contributed by atoms with Crippen LogP contribution < -0.4 is 0 Å². The first-order valence-corrected chi connectivity index (χ1v) is 11.4. The van der Waals surface area contributed by atoms with Crippen LogP contribution >= 0.6 is 11.3 Å². The summed E-state index contributed by atoms with van der Waals surface area (Å²) in [4.78, 5) is 30.6. The molecule has 1 fully saturated rings. The molecule has 0 bridgehead atoms. The molecular weight excluding hydrogens is 410 g/mol. The molecule has 9 heteroatoms. The average molecular weight is 436 g/mol. The number of fused-ring (bicyclic) bond motifs is 2. The van der Waals surface area contributed by atoms with Gasteiger partial charge in [0.05, 0.1) is 16.8 Å². The van der Waals surface area contributed by atoms with Crippen LogP contribution in [0.2, 0.25) is 0 Å². The fourth-order valence-electron chi connectivity index (χ4n) is 4.24. The van der Waals surface area contributed by atoms with E-state index in [1.807, 2.05) is 24.8 Å². The topological polar surface area (TPSA) is 79.5 Å². The van der Waals surface area contributed by atoms with Gasteiger partial charge in [-0.1, -0.05) is 12.1 Å². The van der Waals surface area contributed by atoms with Crippen LogP contribution in [-0.2, 0) is 17.8 Å². The van der Waals surface area contributed by atoms with Gasteiger partial charge in [-0.3, -0.25) is 9.69 Å². The maximum atomic E-state index is 12.8. The highest BCUT2D eigenvalue weighted by atomic mass is 32.1. The van der Waals surface area contributed by atoms with Crippen molar-refractivity contribution in [2.75, 3.05) is 26.2 Å². The fraction of sp³-hybridized carbons (Fsp3) is 0.409. The number of para-hydroxylation sites is 1. The van der Waals surface area contributed by atoms with Crippen LogP contribution in [0.1, 0.15) is 28.4 Å². The molecular formula is C22H25N7OS. The number of nitrogens with zero attached hydrogens (tertiary/aromatic N) is 7. The summed E-state index contributed by atoms with van der Waals surface area (Å²) in [6, 6.07) is 8.26. The van der Waals surface area contributed by atoms with Crippen molar-refractivity contribution in [2.24, 2.45) is 0 Å². The monoisotopic (exact) mass is 435 g/mol. The van der Waals surface area contributed by atoms with E-state index in [9.17, 15) is 4.79 Å². The van der Waals surface area contributed by atoms with E-state index < -0.39 is 0 Å². The first-order chi connectivity index (χ1) is 15.1. The van der Waals surface area contributed by atoms with Crippen LogP contribution in [0.25, 0.3) is 16.0 Å². The van der Waals surface area contributed by atoms with Gasteiger partial charge >= 0.3 is 0 Å². The van der Waals surface area contributed by atoms with Gasteiger partial charge in [0.1, 0.15) is 11.3 Å². The van der Waals surface area contributed by atoms with Crippen molar-refractivity contribution in [3.05, 3.63) is 52.6 Å². The number of rotatable bonds is 5. The van der Waals surface area contributed by atoms with Crippen LogP contribution in [0.15, 0.2) is 30.6 Å². The van der Waals surface area contributed by atoms with Gasteiger partial charge in [-0.05, 0) is 38.0 Å². The van der Waals surface area contributed by atoms with Crippen molar-refractivity contribution < 1.29 is 4.79 Å². The Morgan fingerprint density at radius 1 is 1.10 bits per heavy atom. The van der Waals surface area contributed by atoms with Gasteiger partial charge in [-0.25, -0.2) is 14.5 Å². The molecule has 1 aliphatic rings. The van der Waals surface area contributed by atoms with Gasteiger partial charge in [0, 0.05) is 44.0 Å². The van der Waals surface area contributed by atoms with Crippen LogP contribution in [0.5, 0.6) is 0 Å². The lowest BCUT2D eigenvalue weighted by molar-refractivity contribution is -0.133. The molecule has 1 aliphatic heterocycles. The molecule has 4 aromatic rings. The minimum Gasteiger partial charge on any atom is -0.340 e. The van der Waals surface area contributed by atoms with Crippen LogP contribution in [0.4, 0.5) is 0 Å². The molecule has 160 valence electrons. The summed E-state index contributed by atoms with van der Waals surface area (Å²) in [5.74, 6) is 0.812. The van der Waals surface area contributed by atoms with Gasteiger partial charge in [0.25, 0.3) is 5.78 Å². The lowest BCUT2D eigenvalue weighted by atomic mass is 10.1. The summed E-state index contributed by atoms with van der Waals surface area (Å²) in [6.45, 7) is 8.13. The summed E-state index contributed by atoms with van der Waals surface area (Å²) >= 11 is 1.76. The Kier molecular flexibility index (Phi) is 5.37. The maximum Gasteiger partial charge on any atom is 0.252 e. The highest BCUT2D eigenvalue weighted by Gasteiger charge is 2.22. The molecule has 0 aliphatic carbocycles. The number of hydrogen-bond acceptors (Lipinski definition) is 7. The van der Waals surface area contributed by atoms with E-state index in [1.165, 1.54) is 11.0 Å². The largest absolute Gasteiger partial charge is 0.340 e. The van der Waals surface area contributed by atoms with E-state index in [1.54, 1.807) is 15.9 Å². The zero-order chi connectivity index (χ0) is 21.4. The Bertz CT molecular complexity index is 1210. The number of hydrogen-bond donors (Lipinski definition) is 0. The summed E-state index contributed by atoms with van der Waals surface area (Å²) in [5, 5.41) is 5.37. The summed E-state index contributed by atoms with van der Waals surface area (Å²) < 4.78 is 2.98. The number of amides is 1. The molecule has 0 atom stereocenters. The van der Waals surface area contributed by atoms with Crippen molar-refractivity contribution in [3.8, 4) is 0 Å². The third kappa shape index (κ3) is 4.03. The standard InChI is InChI=1S/C22H25N7OS/c1-15-17(16(2)29-22(25-15)23-14-24-29)7-8-21(30)28-11-9-27(10-12-28)13-20-26-18-5-3-4-6-19(18)31-20/h3-6,14H,7-13H2,1-2H3. The predicted octanol–water partition coefficient (Wildman–Crippen LogP) is 2.63. The van der Waals surface area contributed by atoms with Crippen molar-refractivity contribution in [3.63, 3.8) is 0 Å². The van der Waals surface area contributed by atoms with E-state index in [-0.39, 0.29) is 5.91 Å². The van der Waals surface area contributed by atoms with Crippen molar-refractivity contribution >= 4 is 33.2 Å². The third-order valence-corrected chi connectivity index (χ3v) is 7.02. The molecule has 1 saturated heterocycles. The smallest absolute Gasteiger partial charge is 0.252 e. The predicted molar refractivity (Wildman–Crippen MR) is 120 cm³/mol. The van der Waals surface area contributed by atoms with Crippen LogP contribution in [-0.4, -0.2) is 66.5 Å². The molecule has 0 spiro atoms. The lowest BCUT2D eigenvalue weighted by Crippen LogP contribution is -2.48. The summed E-state index contributed by atoms with van der Waals surface area (Å²) in [7, 11) is 0. The molecule has 1 aromatic carbocycles. The summed E-state index contributed by atoms with van der Waals surface area (Å²) in [6.07, 6.45) is 2.67. The maximum absolute atomic E-state index is 12.8. The Morgan fingerprint density at radius 2 is 1.90 bits per heavy atom. The van der Waals surface area contributed by atoms with Gasteiger partial charge in [-0.15, -0.1) is 11.3 Å². The Balaban J connectivity index is 1.16. The molecule has 5 rings (SSSR count). The number of carbonyl (C=O) groups excluding carboxylic acids is 1. The molecule has 31 heavy (non-hydrogen) atoms. The summed E-state index contributed by atoms with van der Waals surface area (Å²) in [5.41, 5.74) is 4.08. The first kappa shape index (κ1) is 20.0. The number of benzene rings is 1.